The van der Waals surface area contributed by atoms with Crippen LogP contribution in [0.5, 0.6) is 0 Å². The third-order valence-corrected chi connectivity index (χ3v) is 4.37. The van der Waals surface area contributed by atoms with Gasteiger partial charge in [0.05, 0.1) is 19.2 Å². The van der Waals surface area contributed by atoms with Gasteiger partial charge in [0, 0.05) is 12.1 Å². The van der Waals surface area contributed by atoms with Gasteiger partial charge in [0.2, 0.25) is 5.91 Å². The van der Waals surface area contributed by atoms with Crippen LogP contribution in [0.1, 0.15) is 44.7 Å². The van der Waals surface area contributed by atoms with Crippen LogP contribution in [-0.4, -0.2) is 41.1 Å². The zero-order chi connectivity index (χ0) is 15.2. The Bertz CT molecular complexity index is 439. The molecule has 1 heterocycles. The van der Waals surface area contributed by atoms with E-state index in [4.69, 9.17) is 0 Å². The zero-order valence-electron chi connectivity index (χ0n) is 13.0. The number of likely N-dealkylation sites (tertiary alicyclic amines) is 1. The van der Waals surface area contributed by atoms with E-state index >= 15 is 0 Å². The van der Waals surface area contributed by atoms with Crippen molar-refractivity contribution in [2.75, 3.05) is 13.2 Å². The standard InChI is InChI=1S/C17H26N2O2/c1-13-7-6-8-14(2)19(13)17(21)11-18-16(12-20)15-9-4-3-5-10-15/h3-5,9-10,13-14,16,18,20H,6-8,11-12H2,1-2H3/t13-,14-,16+/m0/s1. The van der Waals surface area contributed by atoms with Crippen molar-refractivity contribution < 1.29 is 9.90 Å². The second-order valence-corrected chi connectivity index (χ2v) is 5.96. The lowest BCUT2D eigenvalue weighted by Gasteiger charge is -2.39. The fourth-order valence-electron chi connectivity index (χ4n) is 3.19. The van der Waals surface area contributed by atoms with Crippen molar-refractivity contribution in [3.63, 3.8) is 0 Å². The number of piperidine rings is 1. The maximum absolute atomic E-state index is 12.5. The molecular weight excluding hydrogens is 264 g/mol. The van der Waals surface area contributed by atoms with Crippen molar-refractivity contribution in [1.29, 1.82) is 0 Å². The second-order valence-electron chi connectivity index (χ2n) is 5.96. The molecule has 1 aromatic carbocycles. The van der Waals surface area contributed by atoms with E-state index in [1.54, 1.807) is 0 Å². The van der Waals surface area contributed by atoms with Crippen molar-refractivity contribution in [2.24, 2.45) is 0 Å². The van der Waals surface area contributed by atoms with Gasteiger partial charge < -0.3 is 10.0 Å². The van der Waals surface area contributed by atoms with Crippen molar-refractivity contribution in [3.05, 3.63) is 35.9 Å². The van der Waals surface area contributed by atoms with E-state index < -0.39 is 0 Å². The number of aliphatic hydroxyl groups is 1. The summed E-state index contributed by atoms with van der Waals surface area (Å²) in [5, 5.41) is 12.7. The van der Waals surface area contributed by atoms with Gasteiger partial charge >= 0.3 is 0 Å². The van der Waals surface area contributed by atoms with Crippen LogP contribution in [0.3, 0.4) is 0 Å². The molecule has 0 saturated carbocycles. The first-order valence-corrected chi connectivity index (χ1v) is 7.83. The Morgan fingerprint density at radius 3 is 2.48 bits per heavy atom. The van der Waals surface area contributed by atoms with E-state index in [2.05, 4.69) is 19.2 Å². The van der Waals surface area contributed by atoms with Gasteiger partial charge in [-0.3, -0.25) is 10.1 Å². The van der Waals surface area contributed by atoms with Gasteiger partial charge in [0.1, 0.15) is 0 Å². The maximum Gasteiger partial charge on any atom is 0.237 e. The summed E-state index contributed by atoms with van der Waals surface area (Å²) in [5.41, 5.74) is 1.01. The van der Waals surface area contributed by atoms with Crippen LogP contribution in [0.4, 0.5) is 0 Å². The third-order valence-electron chi connectivity index (χ3n) is 4.37. The highest BCUT2D eigenvalue weighted by Crippen LogP contribution is 2.22. The van der Waals surface area contributed by atoms with Crippen LogP contribution in [0, 0.1) is 0 Å². The summed E-state index contributed by atoms with van der Waals surface area (Å²) in [5.74, 6) is 0.129. The summed E-state index contributed by atoms with van der Waals surface area (Å²) in [6.45, 7) is 4.50. The quantitative estimate of drug-likeness (QED) is 0.873. The third kappa shape index (κ3) is 4.05. The van der Waals surface area contributed by atoms with Gasteiger partial charge in [-0.2, -0.15) is 0 Å². The van der Waals surface area contributed by atoms with Gasteiger partial charge in [0.15, 0.2) is 0 Å². The molecule has 3 atom stereocenters. The van der Waals surface area contributed by atoms with E-state index in [-0.39, 0.29) is 25.1 Å². The molecule has 21 heavy (non-hydrogen) atoms. The predicted octanol–water partition coefficient (Wildman–Crippen LogP) is 2.10. The molecule has 4 heteroatoms. The molecule has 1 aromatic rings. The predicted molar refractivity (Wildman–Crippen MR) is 83.9 cm³/mol. The number of carbonyl (C=O) groups is 1. The van der Waals surface area contributed by atoms with E-state index in [9.17, 15) is 9.90 Å². The monoisotopic (exact) mass is 290 g/mol. The smallest absolute Gasteiger partial charge is 0.237 e. The molecule has 116 valence electrons. The highest BCUT2D eigenvalue weighted by Gasteiger charge is 2.28. The van der Waals surface area contributed by atoms with Crippen molar-refractivity contribution in [3.8, 4) is 0 Å². The molecule has 0 aromatic heterocycles. The van der Waals surface area contributed by atoms with E-state index in [1.807, 2.05) is 35.2 Å². The normalized spacial score (nSPS) is 23.9. The van der Waals surface area contributed by atoms with Crippen molar-refractivity contribution in [1.82, 2.24) is 10.2 Å². The van der Waals surface area contributed by atoms with Gasteiger partial charge in [-0.25, -0.2) is 0 Å². The van der Waals surface area contributed by atoms with Gasteiger partial charge in [-0.15, -0.1) is 0 Å². The zero-order valence-corrected chi connectivity index (χ0v) is 13.0. The number of amides is 1. The van der Waals surface area contributed by atoms with Crippen LogP contribution in [-0.2, 0) is 4.79 Å². The number of rotatable bonds is 5. The minimum atomic E-state index is -0.189. The largest absolute Gasteiger partial charge is 0.394 e. The Labute approximate surface area is 127 Å². The number of nitrogens with one attached hydrogen (secondary N) is 1. The lowest BCUT2D eigenvalue weighted by atomic mass is 9.97. The van der Waals surface area contributed by atoms with Gasteiger partial charge in [0.25, 0.3) is 0 Å². The fraction of sp³-hybridized carbons (Fsp3) is 0.588. The topological polar surface area (TPSA) is 52.6 Å². The molecule has 1 amide bonds. The summed E-state index contributed by atoms with van der Waals surface area (Å²) < 4.78 is 0. The minimum absolute atomic E-state index is 0.0115. The number of benzene rings is 1. The Morgan fingerprint density at radius 2 is 1.90 bits per heavy atom. The van der Waals surface area contributed by atoms with Crippen LogP contribution >= 0.6 is 0 Å². The van der Waals surface area contributed by atoms with E-state index in [0.717, 1.165) is 18.4 Å². The average Bonchev–Trinajstić information content (AvgIpc) is 2.49. The average molecular weight is 290 g/mol. The summed E-state index contributed by atoms with van der Waals surface area (Å²) in [7, 11) is 0. The molecule has 1 aliphatic rings. The first-order valence-electron chi connectivity index (χ1n) is 7.83. The Kier molecular flexibility index (Phi) is 5.76. The summed E-state index contributed by atoms with van der Waals surface area (Å²) in [4.78, 5) is 14.4. The highest BCUT2D eigenvalue weighted by atomic mass is 16.3. The van der Waals surface area contributed by atoms with Gasteiger partial charge in [-0.05, 0) is 38.7 Å². The number of nitrogens with zero attached hydrogens (tertiary/aromatic N) is 1. The molecular formula is C17H26N2O2. The summed E-state index contributed by atoms with van der Waals surface area (Å²) in [6.07, 6.45) is 3.36. The number of hydrogen-bond donors (Lipinski definition) is 2. The first-order chi connectivity index (χ1) is 10.1. The Morgan fingerprint density at radius 1 is 1.29 bits per heavy atom. The number of aliphatic hydroxyl groups excluding tert-OH is 1. The number of carbonyl (C=O) groups excluding carboxylic acids is 1. The SMILES string of the molecule is C[C@H]1CCC[C@H](C)N1C(=O)CN[C@H](CO)c1ccccc1. The molecule has 0 spiro atoms. The Balaban J connectivity index is 1.93. The second kappa shape index (κ2) is 7.57. The van der Waals surface area contributed by atoms with E-state index in [0.29, 0.717) is 12.1 Å². The first kappa shape index (κ1) is 16.0. The highest BCUT2D eigenvalue weighted by molar-refractivity contribution is 5.79. The molecule has 2 rings (SSSR count). The molecule has 0 aliphatic carbocycles. The van der Waals surface area contributed by atoms with Crippen molar-refractivity contribution >= 4 is 5.91 Å². The van der Waals surface area contributed by atoms with Crippen LogP contribution in [0.25, 0.3) is 0 Å². The van der Waals surface area contributed by atoms with Crippen LogP contribution < -0.4 is 5.32 Å². The molecule has 2 N–H and O–H groups in total. The molecule has 0 bridgehead atoms. The van der Waals surface area contributed by atoms with Crippen LogP contribution in [0.15, 0.2) is 30.3 Å². The lowest BCUT2D eigenvalue weighted by Crippen LogP contribution is -2.50. The van der Waals surface area contributed by atoms with Crippen LogP contribution in [0.2, 0.25) is 0 Å². The van der Waals surface area contributed by atoms with Crippen molar-refractivity contribution in [2.45, 2.75) is 51.2 Å². The minimum Gasteiger partial charge on any atom is -0.394 e. The molecule has 1 aliphatic heterocycles. The van der Waals surface area contributed by atoms with Gasteiger partial charge in [-0.1, -0.05) is 30.3 Å². The lowest BCUT2D eigenvalue weighted by molar-refractivity contribution is -0.136. The molecule has 0 radical (unpaired) electrons. The molecule has 4 nitrogen and oxygen atoms in total. The fourth-order valence-corrected chi connectivity index (χ4v) is 3.19. The van der Waals surface area contributed by atoms with E-state index in [1.165, 1.54) is 6.42 Å². The Hall–Kier alpha value is -1.39. The molecule has 0 unspecified atom stereocenters. The summed E-state index contributed by atoms with van der Waals surface area (Å²) in [6, 6.07) is 10.2. The maximum atomic E-state index is 12.5. The summed E-state index contributed by atoms with van der Waals surface area (Å²) >= 11 is 0. The molecule has 1 fully saturated rings. The molecule has 1 saturated heterocycles. The number of hydrogen-bond acceptors (Lipinski definition) is 3.